The first-order chi connectivity index (χ1) is 13.3. The smallest absolute Gasteiger partial charge is 0.253 e. The van der Waals surface area contributed by atoms with Crippen LogP contribution in [0.4, 0.5) is 5.69 Å². The Balaban J connectivity index is 2.01. The summed E-state index contributed by atoms with van der Waals surface area (Å²) in [7, 11) is 0. The highest BCUT2D eigenvalue weighted by Crippen LogP contribution is 2.17. The summed E-state index contributed by atoms with van der Waals surface area (Å²) in [5.41, 5.74) is 3.53. The summed E-state index contributed by atoms with van der Waals surface area (Å²) in [6.07, 6.45) is 0. The zero-order chi connectivity index (χ0) is 20.7. The lowest BCUT2D eigenvalue weighted by Gasteiger charge is -2.18. The summed E-state index contributed by atoms with van der Waals surface area (Å²) < 4.78 is 0. The van der Waals surface area contributed by atoms with Crippen molar-refractivity contribution in [2.24, 2.45) is 0 Å². The highest BCUT2D eigenvalue weighted by Gasteiger charge is 2.12. The number of nitrogens with one attached hydrogen (secondary N) is 2. The number of hydrogen-bond donors (Lipinski definition) is 2. The van der Waals surface area contributed by atoms with Crippen molar-refractivity contribution >= 4 is 23.4 Å². The van der Waals surface area contributed by atoms with Gasteiger partial charge in [0.1, 0.15) is 0 Å². The van der Waals surface area contributed by atoms with Crippen LogP contribution in [0.15, 0.2) is 42.5 Å². The number of benzene rings is 2. The van der Waals surface area contributed by atoms with Crippen molar-refractivity contribution in [1.29, 1.82) is 0 Å². The molecule has 0 aromatic heterocycles. The average Bonchev–Trinajstić information content (AvgIpc) is 2.68. The highest BCUT2D eigenvalue weighted by molar-refractivity contribution is 5.97. The molecule has 0 unspecified atom stereocenters. The lowest BCUT2D eigenvalue weighted by molar-refractivity contribution is -0.114. The molecular weight excluding hydrogens is 354 g/mol. The Kier molecular flexibility index (Phi) is 7.32. The van der Waals surface area contributed by atoms with Gasteiger partial charge in [0, 0.05) is 43.4 Å². The summed E-state index contributed by atoms with van der Waals surface area (Å²) in [5, 5.41) is 5.58. The van der Waals surface area contributed by atoms with Gasteiger partial charge in [0.05, 0.1) is 0 Å². The molecule has 3 amide bonds. The van der Waals surface area contributed by atoms with Crippen LogP contribution in [-0.2, 0) is 11.3 Å². The molecule has 0 atom stereocenters. The molecule has 0 fully saturated rings. The highest BCUT2D eigenvalue weighted by atomic mass is 16.2. The molecule has 148 valence electrons. The minimum atomic E-state index is -0.227. The third-order valence-electron chi connectivity index (χ3n) is 4.52. The van der Waals surface area contributed by atoms with Gasteiger partial charge >= 0.3 is 0 Å². The second kappa shape index (κ2) is 9.69. The fourth-order valence-corrected chi connectivity index (χ4v) is 2.83. The summed E-state index contributed by atoms with van der Waals surface area (Å²) >= 11 is 0. The summed E-state index contributed by atoms with van der Waals surface area (Å²) in [6, 6.07) is 12.4. The summed E-state index contributed by atoms with van der Waals surface area (Å²) in [4.78, 5) is 37.8. The number of anilines is 1. The van der Waals surface area contributed by atoms with E-state index in [4.69, 9.17) is 0 Å². The van der Waals surface area contributed by atoms with E-state index in [2.05, 4.69) is 10.6 Å². The zero-order valence-electron chi connectivity index (χ0n) is 16.8. The third-order valence-corrected chi connectivity index (χ3v) is 4.52. The fourth-order valence-electron chi connectivity index (χ4n) is 2.83. The average molecular weight is 381 g/mol. The van der Waals surface area contributed by atoms with Crippen LogP contribution in [0.2, 0.25) is 0 Å². The van der Waals surface area contributed by atoms with E-state index in [1.54, 1.807) is 35.2 Å². The lowest BCUT2D eigenvalue weighted by Crippen LogP contribution is -2.30. The van der Waals surface area contributed by atoms with Crippen LogP contribution in [0.25, 0.3) is 0 Å². The molecule has 0 bridgehead atoms. The van der Waals surface area contributed by atoms with Crippen molar-refractivity contribution in [3.63, 3.8) is 0 Å². The van der Waals surface area contributed by atoms with E-state index in [1.807, 2.05) is 32.9 Å². The molecule has 28 heavy (non-hydrogen) atoms. The Bertz CT molecular complexity index is 856. The van der Waals surface area contributed by atoms with Crippen molar-refractivity contribution in [2.75, 3.05) is 18.4 Å². The van der Waals surface area contributed by atoms with E-state index in [9.17, 15) is 14.4 Å². The minimum Gasteiger partial charge on any atom is -0.348 e. The SMILES string of the molecule is CCN(CC)C(=O)c1ccc(CNC(=O)c2ccc(C)c(NC(C)=O)c2)cc1. The number of aryl methyl sites for hydroxylation is 1. The van der Waals surface area contributed by atoms with Gasteiger partial charge in [0.15, 0.2) is 0 Å². The van der Waals surface area contributed by atoms with Crippen LogP contribution in [0.3, 0.4) is 0 Å². The predicted molar refractivity (Wildman–Crippen MR) is 110 cm³/mol. The molecule has 2 aromatic carbocycles. The van der Waals surface area contributed by atoms with E-state index in [0.717, 1.165) is 11.1 Å². The predicted octanol–water partition coefficient (Wildman–Crippen LogP) is 3.37. The first-order valence-electron chi connectivity index (χ1n) is 9.40. The first kappa shape index (κ1) is 21.2. The standard InChI is InChI=1S/C22H27N3O3/c1-5-25(6-2)22(28)18-11-8-17(9-12-18)14-23-21(27)19-10-7-15(3)20(13-19)24-16(4)26/h7-13H,5-6,14H2,1-4H3,(H,23,27)(H,24,26). The van der Waals surface area contributed by atoms with Gasteiger partial charge in [-0.2, -0.15) is 0 Å². The second-order valence-corrected chi connectivity index (χ2v) is 6.57. The van der Waals surface area contributed by atoms with Crippen LogP contribution in [0.5, 0.6) is 0 Å². The van der Waals surface area contributed by atoms with Gasteiger partial charge in [-0.3, -0.25) is 14.4 Å². The largest absolute Gasteiger partial charge is 0.348 e. The number of hydrogen-bond acceptors (Lipinski definition) is 3. The fraction of sp³-hybridized carbons (Fsp3) is 0.318. The molecule has 6 heteroatoms. The molecule has 0 saturated heterocycles. The number of carbonyl (C=O) groups excluding carboxylic acids is 3. The number of rotatable bonds is 7. The molecule has 6 nitrogen and oxygen atoms in total. The molecule has 2 rings (SSSR count). The van der Waals surface area contributed by atoms with E-state index < -0.39 is 0 Å². The van der Waals surface area contributed by atoms with Crippen molar-refractivity contribution < 1.29 is 14.4 Å². The maximum Gasteiger partial charge on any atom is 0.253 e. The van der Waals surface area contributed by atoms with Gasteiger partial charge in [-0.25, -0.2) is 0 Å². The van der Waals surface area contributed by atoms with Crippen LogP contribution in [0, 0.1) is 6.92 Å². The Labute approximate surface area is 165 Å². The third kappa shape index (κ3) is 5.42. The van der Waals surface area contributed by atoms with E-state index >= 15 is 0 Å². The molecule has 0 spiro atoms. The van der Waals surface area contributed by atoms with Crippen LogP contribution >= 0.6 is 0 Å². The molecular formula is C22H27N3O3. The van der Waals surface area contributed by atoms with Crippen LogP contribution in [-0.4, -0.2) is 35.7 Å². The van der Waals surface area contributed by atoms with E-state index in [1.165, 1.54) is 6.92 Å². The summed E-state index contributed by atoms with van der Waals surface area (Å²) in [6.45, 7) is 8.90. The van der Waals surface area contributed by atoms with Gasteiger partial charge in [-0.15, -0.1) is 0 Å². The molecule has 0 saturated carbocycles. The van der Waals surface area contributed by atoms with Crippen molar-refractivity contribution in [2.45, 2.75) is 34.2 Å². The first-order valence-corrected chi connectivity index (χ1v) is 9.40. The molecule has 0 heterocycles. The van der Waals surface area contributed by atoms with Gasteiger partial charge < -0.3 is 15.5 Å². The topological polar surface area (TPSA) is 78.5 Å². The van der Waals surface area contributed by atoms with E-state index in [0.29, 0.717) is 36.4 Å². The zero-order valence-corrected chi connectivity index (χ0v) is 16.8. The number of amides is 3. The maximum atomic E-state index is 12.4. The molecule has 0 aliphatic carbocycles. The molecule has 2 aromatic rings. The van der Waals surface area contributed by atoms with Crippen molar-refractivity contribution in [3.8, 4) is 0 Å². The molecule has 2 N–H and O–H groups in total. The lowest BCUT2D eigenvalue weighted by atomic mass is 10.1. The van der Waals surface area contributed by atoms with Gasteiger partial charge in [-0.05, 0) is 56.2 Å². The summed E-state index contributed by atoms with van der Waals surface area (Å²) in [5.74, 6) is -0.402. The Hall–Kier alpha value is -3.15. The second-order valence-electron chi connectivity index (χ2n) is 6.57. The normalized spacial score (nSPS) is 10.3. The Morgan fingerprint density at radius 3 is 2.11 bits per heavy atom. The molecule has 0 aliphatic heterocycles. The van der Waals surface area contributed by atoms with Gasteiger partial charge in [0.2, 0.25) is 5.91 Å². The Morgan fingerprint density at radius 2 is 1.54 bits per heavy atom. The Morgan fingerprint density at radius 1 is 0.929 bits per heavy atom. The minimum absolute atomic E-state index is 0.00532. The quantitative estimate of drug-likeness (QED) is 0.772. The van der Waals surface area contributed by atoms with Crippen molar-refractivity contribution in [3.05, 3.63) is 64.7 Å². The monoisotopic (exact) mass is 381 g/mol. The van der Waals surface area contributed by atoms with Crippen LogP contribution in [0.1, 0.15) is 52.6 Å². The maximum absolute atomic E-state index is 12.4. The van der Waals surface area contributed by atoms with E-state index in [-0.39, 0.29) is 17.7 Å². The molecule has 0 radical (unpaired) electrons. The number of nitrogens with zero attached hydrogens (tertiary/aromatic N) is 1. The van der Waals surface area contributed by atoms with Gasteiger partial charge in [0.25, 0.3) is 11.8 Å². The molecule has 0 aliphatic rings. The number of carbonyl (C=O) groups is 3. The van der Waals surface area contributed by atoms with Crippen LogP contribution < -0.4 is 10.6 Å². The van der Waals surface area contributed by atoms with Crippen molar-refractivity contribution in [1.82, 2.24) is 10.2 Å². The van der Waals surface area contributed by atoms with Gasteiger partial charge in [-0.1, -0.05) is 18.2 Å².